The molecule has 740 valence electrons. The van der Waals surface area contributed by atoms with Crippen molar-refractivity contribution >= 4 is 81.9 Å². The van der Waals surface area contributed by atoms with Crippen LogP contribution in [0, 0.1) is 0 Å². The van der Waals surface area contributed by atoms with Crippen LogP contribution in [0.5, 0.6) is 0 Å². The fraction of sp³-hybridized carbons (Fsp3) is 0.786. The molecule has 129 heavy (non-hydrogen) atoms. The Morgan fingerprint density at radius 2 is 0.357 bits per heavy atom. The molecule has 0 radical (unpaired) electrons. The first-order chi connectivity index (χ1) is 62.6. The molecule has 0 unspecified atom stereocenters. The molecule has 2 aromatic carbocycles. The van der Waals surface area contributed by atoms with Crippen LogP contribution in [0.3, 0.4) is 0 Å². The van der Waals surface area contributed by atoms with E-state index in [0.29, 0.717) is 25.7 Å². The number of allylic oxidation sites excluding steroid dienone is 8. The zero-order valence-corrected chi connectivity index (χ0v) is 87.6. The van der Waals surface area contributed by atoms with Crippen molar-refractivity contribution in [3.63, 3.8) is 0 Å². The molecule has 0 aliphatic carbocycles. The van der Waals surface area contributed by atoms with E-state index in [1.165, 1.54) is 435 Å². The molecule has 0 saturated carbocycles. The van der Waals surface area contributed by atoms with E-state index in [1.54, 1.807) is 0 Å². The minimum Gasteiger partial charge on any atom is -0.744 e. The molecule has 2 aromatic rings. The minimum atomic E-state index is -5.02. The monoisotopic (exact) mass is 1870 g/mol. The molecule has 0 aromatic heterocycles. The molecule has 2 rings (SSSR count). The maximum atomic E-state index is 13.1. The first-order valence-corrected chi connectivity index (χ1v) is 56.9. The Kier molecular flexibility index (Phi) is 93.3. The Morgan fingerprint density at radius 3 is 0.512 bits per heavy atom. The summed E-state index contributed by atoms with van der Waals surface area (Å²) in [6, 6.07) is 7.31. The van der Waals surface area contributed by atoms with Crippen LogP contribution in [0.25, 0.3) is 0 Å². The van der Waals surface area contributed by atoms with Crippen molar-refractivity contribution < 1.29 is 64.1 Å². The Bertz CT molecular complexity index is 3020. The molecule has 0 saturated heterocycles. The number of esters is 4. The predicted octanol–water partition coefficient (Wildman–Crippen LogP) is 34.9. The Morgan fingerprint density at radius 1 is 0.217 bits per heavy atom. The number of rotatable bonds is 94. The second kappa shape index (κ2) is 96.1. The van der Waals surface area contributed by atoms with Crippen LogP contribution in [0.4, 0.5) is 0 Å². The summed E-state index contributed by atoms with van der Waals surface area (Å²) in [7, 11) is -10.0. The van der Waals surface area contributed by atoms with E-state index in [4.69, 9.17) is 18.9 Å². The van der Waals surface area contributed by atoms with Gasteiger partial charge in [-0.3, -0.25) is 0 Å². The molecule has 0 atom stereocenters. The van der Waals surface area contributed by atoms with E-state index < -0.39 is 65.0 Å². The molecular formula is C112H194CaO14S2. The zero-order valence-electron chi connectivity index (χ0n) is 83.7. The summed E-state index contributed by atoms with van der Waals surface area (Å²) in [5.41, 5.74) is -1.53. The van der Waals surface area contributed by atoms with Crippen LogP contribution < -0.4 is 0 Å². The quantitative estimate of drug-likeness (QED) is 0.0150. The van der Waals surface area contributed by atoms with Crippen molar-refractivity contribution in [3.05, 3.63) is 107 Å². The van der Waals surface area contributed by atoms with Crippen LogP contribution >= 0.6 is 0 Å². The Hall–Kier alpha value is -3.64. The largest absolute Gasteiger partial charge is 2.00 e. The van der Waals surface area contributed by atoms with Gasteiger partial charge in [-0.05, 0) is 127 Å². The molecule has 0 fully saturated rings. The second-order valence-corrected chi connectivity index (χ2v) is 39.7. The van der Waals surface area contributed by atoms with Crippen molar-refractivity contribution in [1.29, 1.82) is 0 Å². The Balaban J connectivity index is 0.00000252. The van der Waals surface area contributed by atoms with E-state index in [-0.39, 0.29) is 75.3 Å². The molecule has 0 N–H and O–H groups in total. The summed E-state index contributed by atoms with van der Waals surface area (Å²) >= 11 is 0. The molecule has 14 nitrogen and oxygen atoms in total. The van der Waals surface area contributed by atoms with Crippen molar-refractivity contribution in [2.24, 2.45) is 0 Å². The number of hydrogen-bond donors (Lipinski definition) is 0. The molecule has 0 spiro atoms. The Labute approximate surface area is 824 Å². The van der Waals surface area contributed by atoms with Gasteiger partial charge in [0.2, 0.25) is 0 Å². The van der Waals surface area contributed by atoms with E-state index in [0.717, 1.165) is 89.2 Å². The zero-order chi connectivity index (χ0) is 92.9. The smallest absolute Gasteiger partial charge is 0.744 e. The summed E-state index contributed by atoms with van der Waals surface area (Å²) in [5, 5.41) is 0. The van der Waals surface area contributed by atoms with E-state index in [1.807, 2.05) is 0 Å². The predicted molar refractivity (Wildman–Crippen MR) is 544 cm³/mol. The summed E-state index contributed by atoms with van der Waals surface area (Å²) < 4.78 is 94.0. The van der Waals surface area contributed by atoms with Gasteiger partial charge in [0.1, 0.15) is 20.2 Å². The maximum Gasteiger partial charge on any atom is 2.00 e. The molecule has 0 amide bonds. The van der Waals surface area contributed by atoms with Gasteiger partial charge in [0.15, 0.2) is 0 Å². The third kappa shape index (κ3) is 80.2. The number of hydrogen-bond acceptors (Lipinski definition) is 14. The normalized spacial score (nSPS) is 11.8. The van der Waals surface area contributed by atoms with Crippen LogP contribution in [-0.4, -0.2) is 114 Å². The van der Waals surface area contributed by atoms with Crippen molar-refractivity contribution in [1.82, 2.24) is 0 Å². The van der Waals surface area contributed by atoms with Crippen molar-refractivity contribution in [2.45, 2.75) is 551 Å². The van der Waals surface area contributed by atoms with Gasteiger partial charge in [0, 0.05) is 0 Å². The van der Waals surface area contributed by atoms with E-state index in [2.05, 4.69) is 76.3 Å². The van der Waals surface area contributed by atoms with Gasteiger partial charge >= 0.3 is 61.6 Å². The first-order valence-electron chi connectivity index (χ1n) is 54.1. The average molecular weight is 1870 g/mol. The number of carbonyl (C=O) groups excluding carboxylic acids is 4. The first kappa shape index (κ1) is 125. The molecule has 17 heteroatoms. The summed E-state index contributed by atoms with van der Waals surface area (Å²) in [4.78, 5) is 50.7. The topological polar surface area (TPSA) is 220 Å². The average Bonchev–Trinajstić information content (AvgIpc) is 0.794. The molecule has 0 aliphatic heterocycles. The SMILES string of the molecule is CCC/C=C/CCCCCCCCCCCCCCCCCCCOC(=O)c1cccc(S(=O)(=O)[O-])c1C(=O)OCCCCCCCCCCCCCCCCCCC/C=C/CCC.CCC/C=C/CCCCCCCCCCCCCCCCCCCOC(=O)c1cccc(S(=O)(=O)[O-])c1C(=O)OCCCCCCCCCCCCCCCCCCC/C=C/CCC.[Ca+2]. The number of ether oxygens (including phenoxy) is 4. The fourth-order valence-corrected chi connectivity index (χ4v) is 18.2. The van der Waals surface area contributed by atoms with E-state index >= 15 is 0 Å². The number of carbonyl (C=O) groups is 4. The van der Waals surface area contributed by atoms with Crippen molar-refractivity contribution in [3.8, 4) is 0 Å². The third-order valence-corrected chi connectivity index (χ3v) is 26.7. The van der Waals surface area contributed by atoms with Gasteiger partial charge in [-0.1, -0.05) is 499 Å². The maximum absolute atomic E-state index is 13.1. The fourth-order valence-electron chi connectivity index (χ4n) is 16.9. The molecule has 0 heterocycles. The van der Waals surface area contributed by atoms with Gasteiger partial charge in [-0.25, -0.2) is 36.0 Å². The van der Waals surface area contributed by atoms with E-state index in [9.17, 15) is 45.1 Å². The van der Waals surface area contributed by atoms with Gasteiger partial charge < -0.3 is 28.1 Å². The standard InChI is InChI=1S/2C56H98O7S.Ca/c2*1-3-5-7-9-11-13-15-17-19-21-23-25-27-29-31-33-35-37-39-41-43-45-50-62-55(57)52-48-47-49-53(64(59,60)61)54(52)56(58)63-51-46-44-42-40-38-36-34-32-30-28-26-24-22-20-18-16-14-12-10-8-6-4-2;/h2*7-10,47-49H,3-6,11-46,50-51H2,1-2H3,(H,59,60,61);/q;;+2/p-2/b2*9-7+,10-8+;. The molecular weight excluding hydrogens is 1670 g/mol. The minimum absolute atomic E-state index is 0. The molecule has 0 aliphatic rings. The summed E-state index contributed by atoms with van der Waals surface area (Å²) in [5.74, 6) is -3.60. The third-order valence-electron chi connectivity index (χ3n) is 24.9. The summed E-state index contributed by atoms with van der Waals surface area (Å²) in [6.07, 6.45) is 118. The van der Waals surface area contributed by atoms with Crippen LogP contribution in [0.1, 0.15) is 583 Å². The van der Waals surface area contributed by atoms with Crippen LogP contribution in [0.2, 0.25) is 0 Å². The molecule has 0 bridgehead atoms. The van der Waals surface area contributed by atoms with Gasteiger partial charge in [0.25, 0.3) is 0 Å². The number of unbranched alkanes of at least 4 members (excludes halogenated alkanes) is 72. The van der Waals surface area contributed by atoms with Crippen LogP contribution in [-0.2, 0) is 39.2 Å². The summed E-state index contributed by atoms with van der Waals surface area (Å²) in [6.45, 7) is 9.42. The van der Waals surface area contributed by atoms with Gasteiger partial charge in [0.05, 0.1) is 58.5 Å². The van der Waals surface area contributed by atoms with Gasteiger partial charge in [-0.2, -0.15) is 0 Å². The van der Waals surface area contributed by atoms with Crippen molar-refractivity contribution in [2.75, 3.05) is 26.4 Å². The number of benzene rings is 2. The van der Waals surface area contributed by atoms with Gasteiger partial charge in [-0.15, -0.1) is 0 Å². The second-order valence-electron chi connectivity index (χ2n) is 37.0. The van der Waals surface area contributed by atoms with Crippen LogP contribution in [0.15, 0.2) is 94.8 Å².